The number of hydrogen-bond acceptors (Lipinski definition) is 4. The molecule has 2 N–H and O–H groups in total. The average molecular weight is 559 g/mol. The Balaban J connectivity index is 1.36. The van der Waals surface area contributed by atoms with Crippen LogP contribution in [0.1, 0.15) is 6.42 Å². The number of thioether (sulfide) groups is 1. The number of rotatable bonds is 5. The van der Waals surface area contributed by atoms with E-state index in [-0.39, 0.29) is 18.2 Å². The third-order valence-electron chi connectivity index (χ3n) is 4.61. The van der Waals surface area contributed by atoms with Gasteiger partial charge in [-0.25, -0.2) is 4.90 Å². The molecule has 156 valence electrons. The molecule has 8 heteroatoms. The highest BCUT2D eigenvalue weighted by Gasteiger charge is 2.40. The lowest BCUT2D eigenvalue weighted by Gasteiger charge is -2.15. The molecule has 0 spiro atoms. The third kappa shape index (κ3) is 5.44. The maximum Gasteiger partial charge on any atom is 0.247 e. The molecule has 1 aliphatic heterocycles. The summed E-state index contributed by atoms with van der Waals surface area (Å²) >= 11 is 8.95. The Morgan fingerprint density at radius 1 is 0.903 bits per heavy atom. The predicted molar refractivity (Wildman–Crippen MR) is 139 cm³/mol. The molecule has 1 heterocycles. The minimum atomic E-state index is -0.425. The van der Waals surface area contributed by atoms with Gasteiger partial charge in [0, 0.05) is 26.3 Å². The molecule has 1 atom stereocenters. The van der Waals surface area contributed by atoms with Crippen LogP contribution in [0.5, 0.6) is 0 Å². The van der Waals surface area contributed by atoms with Crippen molar-refractivity contribution in [2.45, 2.75) is 16.6 Å². The summed E-state index contributed by atoms with van der Waals surface area (Å²) in [4.78, 5) is 27.5. The second-order valence-electron chi connectivity index (χ2n) is 6.82. The summed E-state index contributed by atoms with van der Waals surface area (Å²) in [5.41, 5.74) is 2.37. The number of nitrogens with zero attached hydrogens (tertiary/aromatic N) is 1. The zero-order chi connectivity index (χ0) is 21.8. The first-order chi connectivity index (χ1) is 15.0. The summed E-state index contributed by atoms with van der Waals surface area (Å²) < 4.78 is 1.05. The summed E-state index contributed by atoms with van der Waals surface area (Å²) in [7, 11) is 0. The highest BCUT2D eigenvalue weighted by molar-refractivity contribution is 14.1. The number of benzene rings is 3. The van der Waals surface area contributed by atoms with Crippen molar-refractivity contribution in [1.29, 1.82) is 0 Å². The van der Waals surface area contributed by atoms with Gasteiger partial charge < -0.3 is 10.6 Å². The lowest BCUT2D eigenvalue weighted by atomic mass is 10.3. The molecule has 5 nitrogen and oxygen atoms in total. The second-order valence-corrected chi connectivity index (χ2v) is 9.75. The number of halogens is 1. The van der Waals surface area contributed by atoms with Crippen LogP contribution in [0.15, 0.2) is 83.8 Å². The van der Waals surface area contributed by atoms with Crippen LogP contribution < -0.4 is 15.5 Å². The number of imide groups is 1. The van der Waals surface area contributed by atoms with E-state index in [0.29, 0.717) is 10.8 Å². The standard InChI is InChI=1S/C23H18IN3O2S2/c24-15-6-10-18(11-7-15)27-21(28)14-20(22(27)29)31-19-12-8-17(9-13-19)26-23(30)25-16-4-2-1-3-5-16/h1-13,20H,14H2,(H2,25,26,30)/t20-/m1/s1. The number of amides is 2. The minimum absolute atomic E-state index is 0.167. The van der Waals surface area contributed by atoms with Crippen LogP contribution in [0.3, 0.4) is 0 Å². The highest BCUT2D eigenvalue weighted by atomic mass is 127. The fourth-order valence-corrected chi connectivity index (χ4v) is 4.80. The maximum atomic E-state index is 12.8. The summed E-state index contributed by atoms with van der Waals surface area (Å²) in [6.45, 7) is 0. The van der Waals surface area contributed by atoms with Gasteiger partial charge in [0.2, 0.25) is 11.8 Å². The van der Waals surface area contributed by atoms with E-state index in [4.69, 9.17) is 12.2 Å². The van der Waals surface area contributed by atoms with E-state index in [0.717, 1.165) is 19.8 Å². The van der Waals surface area contributed by atoms with E-state index < -0.39 is 5.25 Å². The van der Waals surface area contributed by atoms with Crippen LogP contribution >= 0.6 is 46.6 Å². The van der Waals surface area contributed by atoms with E-state index in [1.165, 1.54) is 16.7 Å². The van der Waals surface area contributed by atoms with Crippen molar-refractivity contribution in [2.75, 3.05) is 15.5 Å². The van der Waals surface area contributed by atoms with Gasteiger partial charge in [-0.2, -0.15) is 0 Å². The Labute approximate surface area is 203 Å². The molecule has 1 aliphatic rings. The molecule has 3 aromatic carbocycles. The maximum absolute atomic E-state index is 12.8. The predicted octanol–water partition coefficient (Wildman–Crippen LogP) is 5.52. The number of hydrogen-bond donors (Lipinski definition) is 2. The summed E-state index contributed by atoms with van der Waals surface area (Å²) in [6.07, 6.45) is 0.195. The van der Waals surface area contributed by atoms with E-state index in [1.807, 2.05) is 66.7 Å². The molecule has 31 heavy (non-hydrogen) atoms. The van der Waals surface area contributed by atoms with Gasteiger partial charge in [0.15, 0.2) is 5.11 Å². The van der Waals surface area contributed by atoms with Crippen LogP contribution in [0, 0.1) is 3.57 Å². The Kier molecular flexibility index (Phi) is 6.89. The summed E-state index contributed by atoms with van der Waals surface area (Å²) in [6, 6.07) is 24.7. The fourth-order valence-electron chi connectivity index (χ4n) is 3.15. The number of carbonyl (C=O) groups excluding carboxylic acids is 2. The van der Waals surface area contributed by atoms with Crippen LogP contribution in [0.2, 0.25) is 0 Å². The van der Waals surface area contributed by atoms with Crippen molar-refractivity contribution in [1.82, 2.24) is 0 Å². The molecule has 3 aromatic rings. The number of carbonyl (C=O) groups is 2. The molecule has 1 saturated heterocycles. The smallest absolute Gasteiger partial charge is 0.247 e. The Hall–Kier alpha value is -2.43. The second kappa shape index (κ2) is 9.80. The number of nitrogens with one attached hydrogen (secondary N) is 2. The number of anilines is 3. The van der Waals surface area contributed by atoms with Gasteiger partial charge in [-0.05, 0) is 95.5 Å². The lowest BCUT2D eigenvalue weighted by molar-refractivity contribution is -0.121. The molecule has 0 radical (unpaired) electrons. The first-order valence-corrected chi connectivity index (χ1v) is 11.9. The van der Waals surface area contributed by atoms with Gasteiger partial charge in [-0.1, -0.05) is 18.2 Å². The quantitative estimate of drug-likeness (QED) is 0.244. The zero-order valence-corrected chi connectivity index (χ0v) is 20.0. The van der Waals surface area contributed by atoms with Crippen molar-refractivity contribution in [3.8, 4) is 0 Å². The molecule has 1 fully saturated rings. The monoisotopic (exact) mass is 559 g/mol. The Morgan fingerprint density at radius 3 is 2.16 bits per heavy atom. The van der Waals surface area contributed by atoms with Gasteiger partial charge in [0.1, 0.15) is 0 Å². The zero-order valence-electron chi connectivity index (χ0n) is 16.2. The van der Waals surface area contributed by atoms with Crippen molar-refractivity contribution in [3.05, 3.63) is 82.4 Å². The molecular weight excluding hydrogens is 541 g/mol. The van der Waals surface area contributed by atoms with E-state index >= 15 is 0 Å². The van der Waals surface area contributed by atoms with Gasteiger partial charge in [-0.3, -0.25) is 9.59 Å². The molecule has 4 rings (SSSR count). The van der Waals surface area contributed by atoms with Crippen molar-refractivity contribution < 1.29 is 9.59 Å². The van der Waals surface area contributed by atoms with Crippen LogP contribution in [0.4, 0.5) is 17.1 Å². The molecule has 0 aromatic heterocycles. The minimum Gasteiger partial charge on any atom is -0.332 e. The van der Waals surface area contributed by atoms with Gasteiger partial charge >= 0.3 is 0 Å². The van der Waals surface area contributed by atoms with Crippen molar-refractivity contribution >= 4 is 80.6 Å². The molecule has 2 amide bonds. The number of thiocarbonyl (C=S) groups is 1. The Bertz CT molecular complexity index is 1110. The highest BCUT2D eigenvalue weighted by Crippen LogP contribution is 2.34. The fraction of sp³-hybridized carbons (Fsp3) is 0.0870. The van der Waals surface area contributed by atoms with Crippen LogP contribution in [0.25, 0.3) is 0 Å². The van der Waals surface area contributed by atoms with Crippen LogP contribution in [-0.4, -0.2) is 22.2 Å². The van der Waals surface area contributed by atoms with E-state index in [1.54, 1.807) is 12.1 Å². The SMILES string of the molecule is O=C1C[C@@H](Sc2ccc(NC(=S)Nc3ccccc3)cc2)C(=O)N1c1ccc(I)cc1. The third-order valence-corrected chi connectivity index (χ3v) is 6.73. The number of para-hydroxylation sites is 1. The topological polar surface area (TPSA) is 61.4 Å². The first-order valence-electron chi connectivity index (χ1n) is 9.52. The molecule has 0 aliphatic carbocycles. The van der Waals surface area contributed by atoms with Gasteiger partial charge in [-0.15, -0.1) is 11.8 Å². The molecule has 0 saturated carbocycles. The molecule has 0 unspecified atom stereocenters. The van der Waals surface area contributed by atoms with Gasteiger partial charge in [0.25, 0.3) is 0 Å². The van der Waals surface area contributed by atoms with E-state index in [9.17, 15) is 9.59 Å². The average Bonchev–Trinajstić information content (AvgIpc) is 3.04. The summed E-state index contributed by atoms with van der Waals surface area (Å²) in [5.74, 6) is -0.342. The summed E-state index contributed by atoms with van der Waals surface area (Å²) in [5, 5.41) is 6.34. The molecule has 0 bridgehead atoms. The largest absolute Gasteiger partial charge is 0.332 e. The Morgan fingerprint density at radius 2 is 1.52 bits per heavy atom. The normalized spacial score (nSPS) is 15.8. The van der Waals surface area contributed by atoms with Gasteiger partial charge in [0.05, 0.1) is 10.9 Å². The molecular formula is C23H18IN3O2S2. The lowest BCUT2D eigenvalue weighted by Crippen LogP contribution is -2.31. The first kappa shape index (κ1) is 21.8. The van der Waals surface area contributed by atoms with E-state index in [2.05, 4.69) is 33.2 Å². The van der Waals surface area contributed by atoms with Crippen LogP contribution in [-0.2, 0) is 9.59 Å². The van der Waals surface area contributed by atoms with Crippen molar-refractivity contribution in [3.63, 3.8) is 0 Å². The van der Waals surface area contributed by atoms with Crippen molar-refractivity contribution in [2.24, 2.45) is 0 Å².